The van der Waals surface area contributed by atoms with Crippen molar-refractivity contribution in [2.45, 2.75) is 25.8 Å². The van der Waals surface area contributed by atoms with Crippen LogP contribution in [0.2, 0.25) is 0 Å². The van der Waals surface area contributed by atoms with Crippen molar-refractivity contribution >= 4 is 29.2 Å². The first-order valence-electron chi connectivity index (χ1n) is 6.68. The van der Waals surface area contributed by atoms with Gasteiger partial charge in [0, 0.05) is 6.42 Å². The van der Waals surface area contributed by atoms with E-state index < -0.39 is 17.9 Å². The zero-order valence-corrected chi connectivity index (χ0v) is 11.6. The minimum absolute atomic E-state index is 0.265. The van der Waals surface area contributed by atoms with Crippen molar-refractivity contribution in [2.75, 3.05) is 17.7 Å². The lowest BCUT2D eigenvalue weighted by atomic mass is 10.0. The fraction of sp³-hybridized carbons (Fsp3) is 0.357. The van der Waals surface area contributed by atoms with E-state index in [0.717, 1.165) is 0 Å². The SMILES string of the molecule is CCOC(=O)c1ccc(N)c(NC2CCC(=O)NC2=O)c1. The molecule has 4 N–H and O–H groups in total. The van der Waals surface area contributed by atoms with Crippen LogP contribution in [0.25, 0.3) is 0 Å². The Kier molecular flexibility index (Phi) is 4.42. The highest BCUT2D eigenvalue weighted by Gasteiger charge is 2.26. The van der Waals surface area contributed by atoms with Crippen LogP contribution in [0.4, 0.5) is 11.4 Å². The number of piperidine rings is 1. The van der Waals surface area contributed by atoms with Crippen LogP contribution in [-0.2, 0) is 14.3 Å². The van der Waals surface area contributed by atoms with E-state index in [9.17, 15) is 14.4 Å². The number of ether oxygens (including phenoxy) is 1. The number of carbonyl (C=O) groups is 3. The van der Waals surface area contributed by atoms with Crippen molar-refractivity contribution in [2.24, 2.45) is 0 Å². The summed E-state index contributed by atoms with van der Waals surface area (Å²) in [6, 6.07) is 4.11. The molecular formula is C14H17N3O4. The van der Waals surface area contributed by atoms with E-state index in [1.54, 1.807) is 19.1 Å². The molecule has 1 saturated heterocycles. The largest absolute Gasteiger partial charge is 0.462 e. The molecule has 1 aliphatic heterocycles. The van der Waals surface area contributed by atoms with Crippen LogP contribution in [0.15, 0.2) is 18.2 Å². The molecule has 0 aromatic heterocycles. The summed E-state index contributed by atoms with van der Waals surface area (Å²) in [4.78, 5) is 34.5. The average molecular weight is 291 g/mol. The van der Waals surface area contributed by atoms with Crippen LogP contribution < -0.4 is 16.4 Å². The maximum atomic E-state index is 11.7. The third kappa shape index (κ3) is 3.50. The highest BCUT2D eigenvalue weighted by atomic mass is 16.5. The highest BCUT2D eigenvalue weighted by Crippen LogP contribution is 2.23. The van der Waals surface area contributed by atoms with Crippen molar-refractivity contribution in [3.63, 3.8) is 0 Å². The second-order valence-corrected chi connectivity index (χ2v) is 4.67. The quantitative estimate of drug-likeness (QED) is 0.427. The maximum absolute atomic E-state index is 11.7. The normalized spacial score (nSPS) is 18.0. The van der Waals surface area contributed by atoms with Gasteiger partial charge < -0.3 is 15.8 Å². The van der Waals surface area contributed by atoms with Crippen LogP contribution in [0.1, 0.15) is 30.1 Å². The van der Waals surface area contributed by atoms with E-state index >= 15 is 0 Å². The molecule has 0 radical (unpaired) electrons. The molecule has 0 bridgehead atoms. The van der Waals surface area contributed by atoms with Crippen LogP contribution in [-0.4, -0.2) is 30.4 Å². The number of hydrogen-bond acceptors (Lipinski definition) is 6. The first-order chi connectivity index (χ1) is 10.0. The number of nitrogens with two attached hydrogens (primary N) is 1. The summed E-state index contributed by atoms with van der Waals surface area (Å²) in [7, 11) is 0. The number of amides is 2. The first kappa shape index (κ1) is 14.8. The van der Waals surface area contributed by atoms with Gasteiger partial charge in [0.1, 0.15) is 6.04 Å². The lowest BCUT2D eigenvalue weighted by molar-refractivity contribution is -0.133. The second kappa shape index (κ2) is 6.25. The Balaban J connectivity index is 2.15. The average Bonchev–Trinajstić information content (AvgIpc) is 2.44. The number of hydrogen-bond donors (Lipinski definition) is 3. The summed E-state index contributed by atoms with van der Waals surface area (Å²) < 4.78 is 4.92. The molecule has 1 unspecified atom stereocenters. The lowest BCUT2D eigenvalue weighted by Crippen LogP contribution is -2.47. The zero-order chi connectivity index (χ0) is 15.4. The van der Waals surface area contributed by atoms with E-state index in [-0.39, 0.29) is 18.9 Å². The molecule has 0 aliphatic carbocycles. The topological polar surface area (TPSA) is 111 Å². The van der Waals surface area contributed by atoms with Gasteiger partial charge in [-0.15, -0.1) is 0 Å². The molecule has 1 fully saturated rings. The van der Waals surface area contributed by atoms with Gasteiger partial charge in [-0.1, -0.05) is 0 Å². The van der Waals surface area contributed by atoms with Crippen molar-refractivity contribution in [3.8, 4) is 0 Å². The van der Waals surface area contributed by atoms with E-state index in [2.05, 4.69) is 10.6 Å². The molecule has 1 aromatic rings. The Morgan fingerprint density at radius 1 is 1.48 bits per heavy atom. The second-order valence-electron chi connectivity index (χ2n) is 4.67. The van der Waals surface area contributed by atoms with Crippen LogP contribution in [0.3, 0.4) is 0 Å². The predicted octanol–water partition coefficient (Wildman–Crippen LogP) is 0.663. The van der Waals surface area contributed by atoms with Crippen LogP contribution in [0.5, 0.6) is 0 Å². The Morgan fingerprint density at radius 3 is 2.90 bits per heavy atom. The molecule has 1 aliphatic rings. The van der Waals surface area contributed by atoms with Crippen molar-refractivity contribution < 1.29 is 19.1 Å². The van der Waals surface area contributed by atoms with Gasteiger partial charge >= 0.3 is 5.97 Å². The summed E-state index contributed by atoms with van der Waals surface area (Å²) in [5.41, 5.74) is 7.07. The molecule has 1 aromatic carbocycles. The molecule has 2 amide bonds. The molecule has 21 heavy (non-hydrogen) atoms. The standard InChI is InChI=1S/C14H17N3O4/c1-2-21-14(20)8-3-4-9(15)11(7-8)16-10-5-6-12(18)17-13(10)19/h3-4,7,10,16H,2,5-6,15H2,1H3,(H,17,18,19). The van der Waals surface area contributed by atoms with E-state index in [1.165, 1.54) is 6.07 Å². The van der Waals surface area contributed by atoms with E-state index in [1.807, 2.05) is 0 Å². The van der Waals surface area contributed by atoms with Crippen molar-refractivity contribution in [1.29, 1.82) is 0 Å². The monoisotopic (exact) mass is 291 g/mol. The van der Waals surface area contributed by atoms with Crippen molar-refractivity contribution in [3.05, 3.63) is 23.8 Å². The van der Waals surface area contributed by atoms with E-state index in [4.69, 9.17) is 10.5 Å². The predicted molar refractivity (Wildman–Crippen MR) is 76.6 cm³/mol. The Bertz CT molecular complexity index is 586. The number of benzene rings is 1. The number of imide groups is 1. The van der Waals surface area contributed by atoms with Gasteiger partial charge in [-0.2, -0.15) is 0 Å². The number of esters is 1. The summed E-state index contributed by atoms with van der Waals surface area (Å²) >= 11 is 0. The third-order valence-corrected chi connectivity index (χ3v) is 3.13. The minimum Gasteiger partial charge on any atom is -0.462 e. The molecule has 7 heteroatoms. The summed E-state index contributed by atoms with van der Waals surface area (Å²) in [5.74, 6) is -1.14. The molecule has 2 rings (SSSR count). The maximum Gasteiger partial charge on any atom is 0.338 e. The van der Waals surface area contributed by atoms with Gasteiger partial charge in [0.2, 0.25) is 11.8 Å². The fourth-order valence-electron chi connectivity index (χ4n) is 2.04. The summed E-state index contributed by atoms with van der Waals surface area (Å²) in [5, 5.41) is 5.21. The fourth-order valence-corrected chi connectivity index (χ4v) is 2.04. The molecule has 1 heterocycles. The van der Waals surface area contributed by atoms with Crippen LogP contribution in [0, 0.1) is 0 Å². The number of rotatable bonds is 4. The van der Waals surface area contributed by atoms with E-state index in [0.29, 0.717) is 23.4 Å². The zero-order valence-electron chi connectivity index (χ0n) is 11.6. The Hall–Kier alpha value is -2.57. The molecule has 0 spiro atoms. The number of nitrogen functional groups attached to an aromatic ring is 1. The van der Waals surface area contributed by atoms with Gasteiger partial charge in [-0.3, -0.25) is 14.9 Å². The molecule has 7 nitrogen and oxygen atoms in total. The number of anilines is 2. The summed E-state index contributed by atoms with van der Waals surface area (Å²) in [6.07, 6.45) is 0.647. The molecule has 1 atom stereocenters. The highest BCUT2D eigenvalue weighted by molar-refractivity contribution is 6.02. The lowest BCUT2D eigenvalue weighted by Gasteiger charge is -2.23. The molecule has 0 saturated carbocycles. The Labute approximate surface area is 121 Å². The first-order valence-corrected chi connectivity index (χ1v) is 6.68. The van der Waals surface area contributed by atoms with Gasteiger partial charge in [-0.05, 0) is 31.5 Å². The smallest absolute Gasteiger partial charge is 0.338 e. The molecular weight excluding hydrogens is 274 g/mol. The Morgan fingerprint density at radius 2 is 2.24 bits per heavy atom. The van der Waals surface area contributed by atoms with Gasteiger partial charge in [0.05, 0.1) is 23.5 Å². The minimum atomic E-state index is -0.553. The van der Waals surface area contributed by atoms with Crippen LogP contribution >= 0.6 is 0 Å². The van der Waals surface area contributed by atoms with Gasteiger partial charge in [0.25, 0.3) is 0 Å². The summed E-state index contributed by atoms with van der Waals surface area (Å²) in [6.45, 7) is 2.00. The van der Waals surface area contributed by atoms with Gasteiger partial charge in [0.15, 0.2) is 0 Å². The number of nitrogens with one attached hydrogen (secondary N) is 2. The van der Waals surface area contributed by atoms with Crippen molar-refractivity contribution in [1.82, 2.24) is 5.32 Å². The van der Waals surface area contributed by atoms with Gasteiger partial charge in [-0.25, -0.2) is 4.79 Å². The molecule has 112 valence electrons. The number of carbonyl (C=O) groups excluding carboxylic acids is 3. The third-order valence-electron chi connectivity index (χ3n) is 3.13.